The lowest BCUT2D eigenvalue weighted by atomic mass is 9.93. The van der Waals surface area contributed by atoms with Crippen molar-refractivity contribution >= 4 is 0 Å². The van der Waals surface area contributed by atoms with Crippen LogP contribution in [-0.4, -0.2) is 29.2 Å². The summed E-state index contributed by atoms with van der Waals surface area (Å²) in [5, 5.41) is 8.31. The minimum Gasteiger partial charge on any atom is -0.300 e. The zero-order valence-electron chi connectivity index (χ0n) is 8.75. The zero-order valence-corrected chi connectivity index (χ0v) is 8.75. The van der Waals surface area contributed by atoms with Gasteiger partial charge in [0.2, 0.25) is 0 Å². The van der Waals surface area contributed by atoms with Gasteiger partial charge in [0, 0.05) is 19.5 Å². The Morgan fingerprint density at radius 3 is 2.15 bits per heavy atom. The van der Waals surface area contributed by atoms with Crippen LogP contribution in [0, 0.1) is 0 Å². The van der Waals surface area contributed by atoms with Gasteiger partial charge in [-0.1, -0.05) is 20.8 Å². The van der Waals surface area contributed by atoms with Crippen LogP contribution in [0.5, 0.6) is 0 Å². The van der Waals surface area contributed by atoms with Gasteiger partial charge in [-0.25, -0.2) is 0 Å². The van der Waals surface area contributed by atoms with Gasteiger partial charge >= 0.3 is 5.56 Å². The maximum atomic E-state index is 11.7. The van der Waals surface area contributed by atoms with E-state index in [-0.39, 0.29) is 11.0 Å². The van der Waals surface area contributed by atoms with Crippen LogP contribution in [0.15, 0.2) is 4.79 Å². The van der Waals surface area contributed by atoms with Crippen LogP contribution in [0.2, 0.25) is 0 Å². The maximum Gasteiger partial charge on any atom is 0.309 e. The highest BCUT2D eigenvalue weighted by Crippen LogP contribution is 2.14. The molecule has 1 aromatic rings. The van der Waals surface area contributed by atoms with Crippen molar-refractivity contribution in [1.29, 1.82) is 0 Å². The first-order chi connectivity index (χ1) is 5.84. The monoisotopic (exact) mass is 184 g/mol. The second-order valence-electron chi connectivity index (χ2n) is 4.27. The third kappa shape index (κ3) is 1.74. The van der Waals surface area contributed by atoms with E-state index in [9.17, 15) is 4.79 Å². The van der Waals surface area contributed by atoms with Crippen LogP contribution in [0.1, 0.15) is 26.5 Å². The van der Waals surface area contributed by atoms with Gasteiger partial charge in [0.05, 0.1) is 0 Å². The van der Waals surface area contributed by atoms with E-state index in [1.54, 1.807) is 19.1 Å². The molecule has 0 bridgehead atoms. The van der Waals surface area contributed by atoms with Gasteiger partial charge < -0.3 is 0 Å². The fourth-order valence-electron chi connectivity index (χ4n) is 1.05. The first kappa shape index (κ1) is 9.83. The highest BCUT2D eigenvalue weighted by molar-refractivity contribution is 5.07. The van der Waals surface area contributed by atoms with Crippen molar-refractivity contribution < 1.29 is 0 Å². The highest BCUT2D eigenvalue weighted by Gasteiger charge is 2.22. The summed E-state index contributed by atoms with van der Waals surface area (Å²) in [4.78, 5) is 13.1. The number of nitrogens with one attached hydrogen (secondary N) is 1. The third-order valence-corrected chi connectivity index (χ3v) is 1.76. The molecule has 74 valence electrons. The van der Waals surface area contributed by atoms with Crippen molar-refractivity contribution in [3.8, 4) is 0 Å². The Kier molecular flexibility index (Phi) is 2.19. The van der Waals surface area contributed by atoms with Crippen molar-refractivity contribution in [2.24, 2.45) is 0 Å². The molecule has 0 amide bonds. The summed E-state index contributed by atoms with van der Waals surface area (Å²) in [5.41, 5.74) is 0.258. The standard InChI is InChI=1S/C8H16N4O/c1-8(2,3)6-7(13)12(10-9-6)11(4)5/h10H,1-5H3. The second-order valence-corrected chi connectivity index (χ2v) is 4.27. The van der Waals surface area contributed by atoms with Gasteiger partial charge in [0.15, 0.2) is 0 Å². The van der Waals surface area contributed by atoms with Crippen LogP contribution >= 0.6 is 0 Å². The number of hydrogen-bond acceptors (Lipinski definition) is 3. The topological polar surface area (TPSA) is 53.9 Å². The van der Waals surface area contributed by atoms with E-state index in [0.717, 1.165) is 0 Å². The first-order valence-electron chi connectivity index (χ1n) is 4.19. The van der Waals surface area contributed by atoms with Gasteiger partial charge in [0.1, 0.15) is 5.69 Å². The van der Waals surface area contributed by atoms with E-state index in [0.29, 0.717) is 5.69 Å². The SMILES string of the molecule is CN(C)n1[nH]nc(C(C)(C)C)c1=O. The summed E-state index contributed by atoms with van der Waals surface area (Å²) in [7, 11) is 3.57. The molecule has 1 aromatic heterocycles. The Bertz CT molecular complexity index is 342. The molecule has 0 saturated carbocycles. The van der Waals surface area contributed by atoms with Crippen molar-refractivity contribution in [3.05, 3.63) is 16.0 Å². The van der Waals surface area contributed by atoms with E-state index >= 15 is 0 Å². The number of rotatable bonds is 1. The summed E-state index contributed by atoms with van der Waals surface area (Å²) in [6.45, 7) is 5.89. The van der Waals surface area contributed by atoms with Gasteiger partial charge in [0.25, 0.3) is 0 Å². The lowest BCUT2D eigenvalue weighted by Crippen LogP contribution is -2.37. The average Bonchev–Trinajstić information content (AvgIpc) is 2.28. The average molecular weight is 184 g/mol. The second kappa shape index (κ2) is 2.90. The molecule has 1 N–H and O–H groups in total. The Hall–Kier alpha value is -1.26. The molecule has 0 spiro atoms. The van der Waals surface area contributed by atoms with Crippen LogP contribution < -0.4 is 10.6 Å². The number of hydrogen-bond donors (Lipinski definition) is 1. The van der Waals surface area contributed by atoms with Crippen molar-refractivity contribution in [2.45, 2.75) is 26.2 Å². The molecular formula is C8H16N4O. The van der Waals surface area contributed by atoms with Crippen molar-refractivity contribution in [2.75, 3.05) is 19.1 Å². The molecule has 1 heterocycles. The first-order valence-corrected chi connectivity index (χ1v) is 4.19. The fourth-order valence-corrected chi connectivity index (χ4v) is 1.05. The van der Waals surface area contributed by atoms with E-state index in [4.69, 9.17) is 0 Å². The zero-order chi connectivity index (χ0) is 10.2. The van der Waals surface area contributed by atoms with E-state index < -0.39 is 0 Å². The summed E-state index contributed by atoms with van der Waals surface area (Å²) < 4.78 is 0. The quantitative estimate of drug-likeness (QED) is 0.671. The molecule has 0 saturated heterocycles. The molecule has 0 aliphatic heterocycles. The maximum absolute atomic E-state index is 11.7. The number of aromatic nitrogens is 3. The van der Waals surface area contributed by atoms with Crippen LogP contribution in [0.3, 0.4) is 0 Å². The molecule has 0 aliphatic rings. The summed E-state index contributed by atoms with van der Waals surface area (Å²) >= 11 is 0. The minimum atomic E-state index is -0.213. The third-order valence-electron chi connectivity index (χ3n) is 1.76. The molecular weight excluding hydrogens is 168 g/mol. The smallest absolute Gasteiger partial charge is 0.300 e. The van der Waals surface area contributed by atoms with Crippen molar-refractivity contribution in [1.82, 2.24) is 15.1 Å². The molecule has 1 rings (SSSR count). The number of aromatic amines is 1. The Labute approximate surface area is 77.3 Å². The van der Waals surface area contributed by atoms with Crippen LogP contribution in [-0.2, 0) is 5.41 Å². The highest BCUT2D eigenvalue weighted by atomic mass is 16.2. The molecule has 5 nitrogen and oxygen atoms in total. The van der Waals surface area contributed by atoms with Gasteiger partial charge in [-0.2, -0.15) is 10.3 Å². The molecule has 0 unspecified atom stereocenters. The molecule has 0 atom stereocenters. The minimum absolute atomic E-state index is 0.0856. The summed E-state index contributed by atoms with van der Waals surface area (Å²) in [6.07, 6.45) is 0. The molecule has 5 heteroatoms. The van der Waals surface area contributed by atoms with Crippen LogP contribution in [0.4, 0.5) is 0 Å². The Morgan fingerprint density at radius 1 is 1.38 bits per heavy atom. The van der Waals surface area contributed by atoms with Gasteiger partial charge in [-0.15, -0.1) is 4.79 Å². The lowest BCUT2D eigenvalue weighted by molar-refractivity contribution is 0.562. The largest absolute Gasteiger partial charge is 0.309 e. The van der Waals surface area contributed by atoms with Gasteiger partial charge in [-0.3, -0.25) is 9.80 Å². The number of H-pyrrole nitrogens is 1. The summed E-state index contributed by atoms with van der Waals surface area (Å²) in [6, 6.07) is 0. The van der Waals surface area contributed by atoms with E-state index in [2.05, 4.69) is 10.3 Å². The normalized spacial score (nSPS) is 11.8. The van der Waals surface area contributed by atoms with Crippen molar-refractivity contribution in [3.63, 3.8) is 0 Å². The molecule has 13 heavy (non-hydrogen) atoms. The molecule has 0 radical (unpaired) electrons. The molecule has 0 aromatic carbocycles. The van der Waals surface area contributed by atoms with E-state index in [1.165, 1.54) is 4.79 Å². The van der Waals surface area contributed by atoms with E-state index in [1.807, 2.05) is 20.8 Å². The van der Waals surface area contributed by atoms with Crippen LogP contribution in [0.25, 0.3) is 0 Å². The Balaban J connectivity index is 3.23. The van der Waals surface area contributed by atoms with Gasteiger partial charge in [-0.05, 0) is 0 Å². The fraction of sp³-hybridized carbons (Fsp3) is 0.750. The Morgan fingerprint density at radius 2 is 1.92 bits per heavy atom. The lowest BCUT2D eigenvalue weighted by Gasteiger charge is -2.13. The predicted octanol–water partition coefficient (Wildman–Crippen LogP) is 0.0665. The predicted molar refractivity (Wildman–Crippen MR) is 51.6 cm³/mol. The molecule has 0 fully saturated rings. The number of nitrogens with zero attached hydrogens (tertiary/aromatic N) is 3. The molecule has 0 aliphatic carbocycles. The summed E-state index contributed by atoms with van der Waals surface area (Å²) in [5.74, 6) is 0.